The number of fused-ring (bicyclic) bond motifs is 1. The normalized spacial score (nSPS) is 36.7. The van der Waals surface area contributed by atoms with Crippen molar-refractivity contribution >= 4 is 0 Å². The second-order valence-electron chi connectivity index (χ2n) is 8.66. The van der Waals surface area contributed by atoms with Gasteiger partial charge in [-0.3, -0.25) is 5.43 Å². The number of nitrogens with one attached hydrogen (secondary N) is 1. The lowest BCUT2D eigenvalue weighted by Crippen LogP contribution is -2.42. The molecule has 0 spiro atoms. The Morgan fingerprint density at radius 3 is 2.63 bits per heavy atom. The first-order valence-corrected chi connectivity index (χ1v) is 10.6. The van der Waals surface area contributed by atoms with Crippen molar-refractivity contribution in [2.75, 3.05) is 27.7 Å². The summed E-state index contributed by atoms with van der Waals surface area (Å²) in [5, 5.41) is 19.3. The van der Waals surface area contributed by atoms with Crippen LogP contribution in [0, 0.1) is 17.3 Å². The Kier molecular flexibility index (Phi) is 8.29. The van der Waals surface area contributed by atoms with Gasteiger partial charge in [-0.15, -0.1) is 0 Å². The van der Waals surface area contributed by atoms with E-state index in [1.54, 1.807) is 5.57 Å². The molecule has 3 saturated carbocycles. The van der Waals surface area contributed by atoms with Gasteiger partial charge in [0.2, 0.25) is 0 Å². The van der Waals surface area contributed by atoms with Crippen molar-refractivity contribution in [3.8, 4) is 0 Å². The highest BCUT2D eigenvalue weighted by atomic mass is 16.3. The predicted molar refractivity (Wildman–Crippen MR) is 113 cm³/mol. The number of nitrogens with zero attached hydrogens (tertiary/aromatic N) is 1. The first-order chi connectivity index (χ1) is 13.0. The summed E-state index contributed by atoms with van der Waals surface area (Å²) in [6.45, 7) is 7.78. The van der Waals surface area contributed by atoms with Gasteiger partial charge in [-0.25, -0.2) is 5.01 Å². The van der Waals surface area contributed by atoms with E-state index in [1.165, 1.54) is 37.7 Å². The highest BCUT2D eigenvalue weighted by molar-refractivity contribution is 5.37. The summed E-state index contributed by atoms with van der Waals surface area (Å²) in [6, 6.07) is 0. The van der Waals surface area contributed by atoms with Gasteiger partial charge in [-0.1, -0.05) is 31.2 Å². The van der Waals surface area contributed by atoms with Crippen LogP contribution >= 0.6 is 0 Å². The molecule has 0 aromatic heterocycles. The largest absolute Gasteiger partial charge is 0.400 e. The Bertz CT molecular complexity index is 569. The second kappa shape index (κ2) is 10.0. The van der Waals surface area contributed by atoms with Crippen molar-refractivity contribution in [3.05, 3.63) is 35.5 Å². The Balaban J connectivity index is 0.00000126. The smallest absolute Gasteiger partial charge is 0.0787 e. The first kappa shape index (κ1) is 22.4. The molecule has 4 nitrogen and oxygen atoms in total. The van der Waals surface area contributed by atoms with Crippen molar-refractivity contribution < 1.29 is 10.2 Å². The lowest BCUT2D eigenvalue weighted by Gasteiger charge is -2.43. The molecule has 3 fully saturated rings. The fourth-order valence-corrected chi connectivity index (χ4v) is 5.50. The average molecular weight is 377 g/mol. The van der Waals surface area contributed by atoms with Gasteiger partial charge in [-0.05, 0) is 86.8 Å². The molecule has 3 rings (SSSR count). The molecule has 0 saturated heterocycles. The van der Waals surface area contributed by atoms with E-state index >= 15 is 0 Å². The molecule has 0 radical (unpaired) electrons. The third-order valence-corrected chi connectivity index (χ3v) is 7.27. The van der Waals surface area contributed by atoms with Gasteiger partial charge in [0, 0.05) is 20.7 Å². The van der Waals surface area contributed by atoms with Gasteiger partial charge in [0.05, 0.1) is 6.10 Å². The highest BCUT2D eigenvalue weighted by Gasteiger charge is 2.49. The average Bonchev–Trinajstić information content (AvgIpc) is 3.01. The van der Waals surface area contributed by atoms with Crippen LogP contribution in [-0.4, -0.2) is 49.1 Å². The Hall–Kier alpha value is -0.940. The summed E-state index contributed by atoms with van der Waals surface area (Å²) in [4.78, 5) is 0. The number of allylic oxidation sites excluding steroid dienone is 3. The zero-order valence-electron chi connectivity index (χ0n) is 17.8. The van der Waals surface area contributed by atoms with Crippen molar-refractivity contribution in [2.24, 2.45) is 17.3 Å². The number of aliphatic hydroxyl groups is 2. The van der Waals surface area contributed by atoms with E-state index in [0.29, 0.717) is 5.41 Å². The summed E-state index contributed by atoms with van der Waals surface area (Å²) >= 11 is 0. The quantitative estimate of drug-likeness (QED) is 0.653. The topological polar surface area (TPSA) is 55.7 Å². The molecule has 0 amide bonds. The van der Waals surface area contributed by atoms with Crippen LogP contribution in [-0.2, 0) is 0 Å². The fraction of sp³-hybridized carbons (Fsp3) is 0.739. The highest BCUT2D eigenvalue weighted by Crippen LogP contribution is 2.57. The number of hydrazine groups is 1. The molecule has 3 aliphatic carbocycles. The van der Waals surface area contributed by atoms with Crippen LogP contribution in [0.25, 0.3) is 0 Å². The molecule has 4 atom stereocenters. The van der Waals surface area contributed by atoms with Crippen molar-refractivity contribution in [3.63, 3.8) is 0 Å². The second-order valence-corrected chi connectivity index (χ2v) is 8.66. The number of rotatable bonds is 4. The van der Waals surface area contributed by atoms with E-state index in [1.807, 2.05) is 7.05 Å². The summed E-state index contributed by atoms with van der Waals surface area (Å²) in [6.07, 6.45) is 13.9. The van der Waals surface area contributed by atoms with Crippen molar-refractivity contribution in [2.45, 2.75) is 64.4 Å². The number of aliphatic hydroxyl groups excluding tert-OH is 2. The fourth-order valence-electron chi connectivity index (χ4n) is 5.50. The molecule has 0 aromatic carbocycles. The minimum absolute atomic E-state index is 0.331. The van der Waals surface area contributed by atoms with E-state index in [2.05, 4.69) is 43.1 Å². The van der Waals surface area contributed by atoms with Gasteiger partial charge < -0.3 is 10.2 Å². The Morgan fingerprint density at radius 1 is 1.19 bits per heavy atom. The molecular formula is C23H40N2O2. The minimum Gasteiger partial charge on any atom is -0.400 e. The summed E-state index contributed by atoms with van der Waals surface area (Å²) in [5.74, 6) is 1.51. The molecule has 0 heterocycles. The minimum atomic E-state index is -0.331. The molecule has 0 bridgehead atoms. The molecule has 4 unspecified atom stereocenters. The standard InChI is InChI=1S/C22H36N2O.CH4O/c1-16-17(7-5-9-21(16)25)10-11-18-8-6-14-22(2)19(12-13-20(18)22)15-24(4)23-3;1-2/h10-11,19-21,23,25H,1,5-9,12-15H2,2-4H3;2H,1H3/b17-10-,18-11+;. The van der Waals surface area contributed by atoms with Crippen LogP contribution < -0.4 is 5.43 Å². The molecule has 4 heteroatoms. The maximum absolute atomic E-state index is 10.0. The van der Waals surface area contributed by atoms with Gasteiger partial charge in [0.1, 0.15) is 0 Å². The summed E-state index contributed by atoms with van der Waals surface area (Å²) < 4.78 is 0. The molecule has 154 valence electrons. The lowest BCUT2D eigenvalue weighted by atomic mass is 9.63. The van der Waals surface area contributed by atoms with Gasteiger partial charge in [-0.2, -0.15) is 0 Å². The number of hydrogen-bond donors (Lipinski definition) is 3. The van der Waals surface area contributed by atoms with E-state index in [0.717, 1.165) is 50.3 Å². The number of hydrogen-bond acceptors (Lipinski definition) is 4. The Morgan fingerprint density at radius 2 is 1.93 bits per heavy atom. The van der Waals surface area contributed by atoms with Crippen molar-refractivity contribution in [1.82, 2.24) is 10.4 Å². The zero-order chi connectivity index (χ0) is 20.0. The van der Waals surface area contributed by atoms with Gasteiger partial charge in [0.15, 0.2) is 0 Å². The van der Waals surface area contributed by atoms with E-state index in [9.17, 15) is 5.11 Å². The van der Waals surface area contributed by atoms with E-state index in [4.69, 9.17) is 5.11 Å². The molecule has 27 heavy (non-hydrogen) atoms. The van der Waals surface area contributed by atoms with Crippen LogP contribution in [0.5, 0.6) is 0 Å². The van der Waals surface area contributed by atoms with Gasteiger partial charge >= 0.3 is 0 Å². The first-order valence-electron chi connectivity index (χ1n) is 10.6. The molecule has 3 N–H and O–H groups in total. The third kappa shape index (κ3) is 4.92. The predicted octanol–water partition coefficient (Wildman–Crippen LogP) is 3.83. The van der Waals surface area contributed by atoms with Crippen LogP contribution in [0.1, 0.15) is 58.3 Å². The maximum atomic E-state index is 10.0. The van der Waals surface area contributed by atoms with E-state index in [-0.39, 0.29) is 6.10 Å². The third-order valence-electron chi connectivity index (χ3n) is 7.27. The van der Waals surface area contributed by atoms with Crippen LogP contribution in [0.3, 0.4) is 0 Å². The van der Waals surface area contributed by atoms with Gasteiger partial charge in [0.25, 0.3) is 0 Å². The monoisotopic (exact) mass is 376 g/mol. The zero-order valence-corrected chi connectivity index (χ0v) is 17.8. The van der Waals surface area contributed by atoms with E-state index < -0.39 is 0 Å². The van der Waals surface area contributed by atoms with Crippen LogP contribution in [0.4, 0.5) is 0 Å². The SMILES string of the molecule is C=C1/C(=C\C=C2/CCCC3(C)C(CN(C)NC)CCC23)CCCC1O.CO. The summed E-state index contributed by atoms with van der Waals surface area (Å²) in [7, 11) is 5.17. The van der Waals surface area contributed by atoms with Crippen LogP contribution in [0.2, 0.25) is 0 Å². The molecule has 0 aromatic rings. The molecule has 0 aliphatic heterocycles. The molecular weight excluding hydrogens is 336 g/mol. The lowest BCUT2D eigenvalue weighted by molar-refractivity contribution is 0.0925. The molecule has 3 aliphatic rings. The van der Waals surface area contributed by atoms with Crippen LogP contribution in [0.15, 0.2) is 35.5 Å². The van der Waals surface area contributed by atoms with Crippen molar-refractivity contribution in [1.29, 1.82) is 0 Å². The summed E-state index contributed by atoms with van der Waals surface area (Å²) in [5.41, 5.74) is 7.56. The maximum Gasteiger partial charge on any atom is 0.0787 e. The Labute approximate surface area is 166 Å².